The van der Waals surface area contributed by atoms with E-state index in [0.717, 1.165) is 6.42 Å². The number of benzene rings is 2. The molecule has 1 aliphatic carbocycles. The van der Waals surface area contributed by atoms with E-state index in [1.54, 1.807) is 27.4 Å². The zero-order chi connectivity index (χ0) is 27.3. The first-order valence-corrected chi connectivity index (χ1v) is 14.8. The van der Waals surface area contributed by atoms with E-state index in [0.29, 0.717) is 5.41 Å². The van der Waals surface area contributed by atoms with E-state index in [1.807, 2.05) is 0 Å². The van der Waals surface area contributed by atoms with E-state index < -0.39 is 0 Å². The van der Waals surface area contributed by atoms with Crippen LogP contribution in [-0.4, -0.2) is 3.21 Å². The Balaban J connectivity index is 0.000000251. The Morgan fingerprint density at radius 2 is 1.19 bits per heavy atom. The molecule has 0 N–H and O–H groups in total. The van der Waals surface area contributed by atoms with Gasteiger partial charge in [-0.15, -0.1) is 46.2 Å². The molecular formula is C35H48Zr. The predicted molar refractivity (Wildman–Crippen MR) is 160 cm³/mol. The fourth-order valence-corrected chi connectivity index (χ4v) is 4.10. The summed E-state index contributed by atoms with van der Waals surface area (Å²) in [5, 5.41) is 5.49. The van der Waals surface area contributed by atoms with Gasteiger partial charge in [-0.3, -0.25) is 6.08 Å². The molecule has 0 fully saturated rings. The van der Waals surface area contributed by atoms with Crippen LogP contribution >= 0.6 is 0 Å². The van der Waals surface area contributed by atoms with Gasteiger partial charge >= 0.3 is 54.1 Å². The summed E-state index contributed by atoms with van der Waals surface area (Å²) in [6.45, 7) is 24.8. The van der Waals surface area contributed by atoms with Crippen LogP contribution in [0, 0.1) is 11.5 Å². The topological polar surface area (TPSA) is 0 Å². The molecule has 0 spiro atoms. The number of allylic oxidation sites excluding steroid dienone is 4. The van der Waals surface area contributed by atoms with Crippen LogP contribution in [-0.2, 0) is 35.1 Å². The average molecular weight is 560 g/mol. The van der Waals surface area contributed by atoms with Gasteiger partial charge in [0.15, 0.2) is 0 Å². The third kappa shape index (κ3) is 8.55. The Morgan fingerprint density at radius 3 is 1.44 bits per heavy atom. The van der Waals surface area contributed by atoms with Crippen LogP contribution in [0.25, 0.3) is 21.5 Å². The SMILES string of the molecule is CC(C)(C)C1=CC[C-]=C1.CC(C)(C)c1ccc2[cH-]c3ccc(C(C)(C)C)cc3c2c1.CC[C](=[Zr+2])CC. The third-order valence-corrected chi connectivity index (χ3v) is 8.59. The number of fused-ring (bicyclic) bond motifs is 3. The second-order valence-electron chi connectivity index (χ2n) is 13.0. The van der Waals surface area contributed by atoms with Crippen molar-refractivity contribution in [3.05, 3.63) is 77.4 Å². The van der Waals surface area contributed by atoms with Crippen LogP contribution < -0.4 is 0 Å². The van der Waals surface area contributed by atoms with Gasteiger partial charge in [0.05, 0.1) is 0 Å². The summed E-state index contributed by atoms with van der Waals surface area (Å²) in [5.41, 5.74) is 4.94. The zero-order valence-electron chi connectivity index (χ0n) is 24.8. The van der Waals surface area contributed by atoms with Crippen LogP contribution in [0.5, 0.6) is 0 Å². The average Bonchev–Trinajstić information content (AvgIpc) is 3.45. The second kappa shape index (κ2) is 12.4. The minimum absolute atomic E-state index is 0.194. The van der Waals surface area contributed by atoms with Crippen LogP contribution in [0.2, 0.25) is 0 Å². The molecule has 1 heteroatoms. The Labute approximate surface area is 237 Å². The Morgan fingerprint density at radius 1 is 0.750 bits per heavy atom. The molecule has 0 amide bonds. The monoisotopic (exact) mass is 558 g/mol. The van der Waals surface area contributed by atoms with E-state index in [2.05, 4.69) is 137 Å². The molecule has 36 heavy (non-hydrogen) atoms. The molecule has 0 saturated heterocycles. The molecule has 0 unspecified atom stereocenters. The van der Waals surface area contributed by atoms with Gasteiger partial charge < -0.3 is 0 Å². The number of hydrogen-bond donors (Lipinski definition) is 0. The van der Waals surface area contributed by atoms with Crippen molar-refractivity contribution in [3.63, 3.8) is 0 Å². The van der Waals surface area contributed by atoms with Crippen LogP contribution in [0.4, 0.5) is 0 Å². The summed E-state index contributed by atoms with van der Waals surface area (Å²) in [6.07, 6.45) is 11.1. The minimum atomic E-state index is 0.194. The van der Waals surface area contributed by atoms with E-state index >= 15 is 0 Å². The molecule has 0 aromatic heterocycles. The van der Waals surface area contributed by atoms with E-state index in [4.69, 9.17) is 0 Å². The van der Waals surface area contributed by atoms with Crippen molar-refractivity contribution in [2.24, 2.45) is 5.41 Å². The van der Waals surface area contributed by atoms with Gasteiger partial charge in [0.1, 0.15) is 0 Å². The molecule has 0 atom stereocenters. The zero-order valence-corrected chi connectivity index (χ0v) is 27.3. The molecule has 3 aromatic rings. The van der Waals surface area contributed by atoms with E-state index in [9.17, 15) is 0 Å². The predicted octanol–water partition coefficient (Wildman–Crippen LogP) is 10.6. The van der Waals surface area contributed by atoms with Gasteiger partial charge in [0.25, 0.3) is 0 Å². The summed E-state index contributed by atoms with van der Waals surface area (Å²) in [7, 11) is 0. The first-order chi connectivity index (χ1) is 16.6. The first-order valence-electron chi connectivity index (χ1n) is 13.6. The molecule has 3 aromatic carbocycles. The maximum absolute atomic E-state index is 3.16. The molecule has 192 valence electrons. The summed E-state index contributed by atoms with van der Waals surface area (Å²) in [5.74, 6) is 0. The van der Waals surface area contributed by atoms with Crippen molar-refractivity contribution < 1.29 is 24.2 Å². The molecule has 0 radical (unpaired) electrons. The first kappa shape index (κ1) is 30.8. The van der Waals surface area contributed by atoms with Gasteiger partial charge in [-0.2, -0.15) is 11.6 Å². The third-order valence-electron chi connectivity index (χ3n) is 6.86. The Bertz CT molecular complexity index is 1150. The van der Waals surface area contributed by atoms with Crippen LogP contribution in [0.3, 0.4) is 0 Å². The quantitative estimate of drug-likeness (QED) is 0.274. The van der Waals surface area contributed by atoms with Crippen molar-refractivity contribution in [3.8, 4) is 0 Å². The molecule has 0 aliphatic heterocycles. The standard InChI is InChI=1S/C21H25.C9H13.C5H10.Zr/c1-20(2,3)16-9-7-14-11-15-8-10-17(21(4,5)6)13-19(15)18(14)12-16;1-9(2,3)8-6-4-5-7-8;1-3-5-4-2;/h7-13H,1-6H3;6-7H,4H2,1-3H3;3-4H2,1-2H3;/q2*-1;;+2. The van der Waals surface area contributed by atoms with Crippen LogP contribution in [0.15, 0.2) is 60.2 Å². The fraction of sp³-hybridized carbons (Fsp3) is 0.486. The van der Waals surface area contributed by atoms with Gasteiger partial charge in [0.2, 0.25) is 0 Å². The van der Waals surface area contributed by atoms with Crippen LogP contribution in [0.1, 0.15) is 107 Å². The normalized spacial score (nSPS) is 13.8. The van der Waals surface area contributed by atoms with Crippen molar-refractivity contribution in [1.82, 2.24) is 0 Å². The number of hydrogen-bond acceptors (Lipinski definition) is 0. The summed E-state index contributed by atoms with van der Waals surface area (Å²) in [4.78, 5) is 0. The molecule has 0 saturated carbocycles. The van der Waals surface area contributed by atoms with Gasteiger partial charge in [0, 0.05) is 0 Å². The molecule has 4 rings (SSSR count). The summed E-state index contributed by atoms with van der Waals surface area (Å²) >= 11 is 1.62. The van der Waals surface area contributed by atoms with Gasteiger partial charge in [-0.05, 0) is 10.8 Å². The Kier molecular flexibility index (Phi) is 10.6. The maximum atomic E-state index is 3.16. The summed E-state index contributed by atoms with van der Waals surface area (Å²) < 4.78 is 1.68. The van der Waals surface area contributed by atoms with Gasteiger partial charge in [-0.1, -0.05) is 103 Å². The molecule has 0 bridgehead atoms. The molecule has 0 nitrogen and oxygen atoms in total. The van der Waals surface area contributed by atoms with Crippen molar-refractivity contribution in [1.29, 1.82) is 0 Å². The van der Waals surface area contributed by atoms with Crippen molar-refractivity contribution in [2.75, 3.05) is 0 Å². The second-order valence-corrected chi connectivity index (χ2v) is 14.8. The van der Waals surface area contributed by atoms with E-state index in [1.165, 1.54) is 51.1 Å². The molecule has 0 heterocycles. The van der Waals surface area contributed by atoms with Crippen molar-refractivity contribution >= 4 is 24.8 Å². The van der Waals surface area contributed by atoms with E-state index in [-0.39, 0.29) is 10.8 Å². The van der Waals surface area contributed by atoms with Gasteiger partial charge in [-0.25, -0.2) is 6.08 Å². The molecule has 1 aliphatic rings. The van der Waals surface area contributed by atoms with Crippen molar-refractivity contribution in [2.45, 2.75) is 106 Å². The Hall–Kier alpha value is -1.46. The number of rotatable bonds is 2. The summed E-state index contributed by atoms with van der Waals surface area (Å²) in [6, 6.07) is 16.1. The molecular weight excluding hydrogens is 512 g/mol. The fourth-order valence-electron chi connectivity index (χ4n) is 4.10.